The van der Waals surface area contributed by atoms with Gasteiger partial charge in [-0.3, -0.25) is 0 Å². The minimum absolute atomic E-state index is 0.0667. The highest BCUT2D eigenvalue weighted by molar-refractivity contribution is 5.65. The molecular weight excluding hydrogens is 439 g/mol. The van der Waals surface area contributed by atoms with E-state index >= 15 is 0 Å². The van der Waals surface area contributed by atoms with Crippen molar-refractivity contribution in [1.29, 1.82) is 0 Å². The summed E-state index contributed by atoms with van der Waals surface area (Å²) < 4.78 is 52.8. The fourth-order valence-electron chi connectivity index (χ4n) is 4.39. The molecule has 9 nitrogen and oxygen atoms in total. The van der Waals surface area contributed by atoms with E-state index in [0.29, 0.717) is 38.3 Å². The molecule has 0 amide bonds. The van der Waals surface area contributed by atoms with Crippen molar-refractivity contribution in [1.82, 2.24) is 19.9 Å². The minimum atomic E-state index is -4.65. The van der Waals surface area contributed by atoms with Crippen molar-refractivity contribution in [2.24, 2.45) is 0 Å². The van der Waals surface area contributed by atoms with Crippen molar-refractivity contribution in [3.8, 4) is 11.4 Å². The van der Waals surface area contributed by atoms with Crippen LogP contribution < -0.4 is 15.5 Å². The summed E-state index contributed by atoms with van der Waals surface area (Å²) in [5, 5.41) is 0. The number of nitrogen functional groups attached to an aromatic ring is 1. The van der Waals surface area contributed by atoms with Gasteiger partial charge in [0.25, 0.3) is 0 Å². The van der Waals surface area contributed by atoms with Crippen LogP contribution in [0.4, 0.5) is 30.9 Å². The molecule has 33 heavy (non-hydrogen) atoms. The van der Waals surface area contributed by atoms with Crippen LogP contribution in [0.15, 0.2) is 12.3 Å². The first kappa shape index (κ1) is 23.4. The lowest BCUT2D eigenvalue weighted by atomic mass is 10.1. The second kappa shape index (κ2) is 8.90. The molecule has 2 aliphatic rings. The van der Waals surface area contributed by atoms with Crippen LogP contribution in [0.3, 0.4) is 0 Å². The van der Waals surface area contributed by atoms with Crippen molar-refractivity contribution in [2.75, 3.05) is 42.0 Å². The third kappa shape index (κ3) is 4.67. The number of nitrogens with zero attached hydrogens (tertiary/aromatic N) is 6. The van der Waals surface area contributed by atoms with Gasteiger partial charge in [0.05, 0.1) is 61.7 Å². The molecule has 0 aliphatic carbocycles. The Balaban J connectivity index is 1.91. The largest absolute Gasteiger partial charge is 0.417 e. The maximum atomic E-state index is 13.9. The Morgan fingerprint density at radius 1 is 0.848 bits per heavy atom. The van der Waals surface area contributed by atoms with Gasteiger partial charge in [0.1, 0.15) is 5.82 Å². The highest BCUT2D eigenvalue weighted by atomic mass is 19.4. The number of aromatic nitrogens is 4. The Labute approximate surface area is 190 Å². The number of hydrogen-bond acceptors (Lipinski definition) is 9. The summed E-state index contributed by atoms with van der Waals surface area (Å²) >= 11 is 0. The molecule has 180 valence electrons. The van der Waals surface area contributed by atoms with E-state index in [1.807, 2.05) is 37.5 Å². The van der Waals surface area contributed by atoms with E-state index in [9.17, 15) is 13.2 Å². The highest BCUT2D eigenvalue weighted by Gasteiger charge is 2.37. The van der Waals surface area contributed by atoms with Crippen LogP contribution in [-0.4, -0.2) is 70.5 Å². The number of nitrogens with two attached hydrogens (primary N) is 1. The van der Waals surface area contributed by atoms with E-state index in [2.05, 4.69) is 15.0 Å². The van der Waals surface area contributed by atoms with Crippen LogP contribution in [0.25, 0.3) is 11.4 Å². The number of hydrogen-bond donors (Lipinski definition) is 1. The second-order valence-electron chi connectivity index (χ2n) is 8.70. The summed E-state index contributed by atoms with van der Waals surface area (Å²) in [5.41, 5.74) is 4.37. The normalized spacial score (nSPS) is 26.5. The number of anilines is 3. The van der Waals surface area contributed by atoms with Crippen LogP contribution >= 0.6 is 0 Å². The molecule has 4 atom stereocenters. The molecule has 2 aromatic rings. The maximum Gasteiger partial charge on any atom is 0.417 e. The first-order valence-corrected chi connectivity index (χ1v) is 10.9. The summed E-state index contributed by atoms with van der Waals surface area (Å²) in [6.45, 7) is 9.69. The van der Waals surface area contributed by atoms with Crippen molar-refractivity contribution in [2.45, 2.75) is 58.0 Å². The first-order chi connectivity index (χ1) is 15.6. The number of rotatable bonds is 3. The standard InChI is InChI=1S/C21H28F3N7O2/c1-11-7-32-8-12(2)30(11)19-27-18(15-6-26-17(25)5-16(15)21(22,23)24)28-20(29-19)31-13(3)9-33-10-14(31)4/h5-6,11-14H,7-10H2,1-4H3,(H2,25,26)/t11-,12+,13-,14+. The summed E-state index contributed by atoms with van der Waals surface area (Å²) in [5.74, 6) is 0.265. The average Bonchev–Trinajstić information content (AvgIpc) is 2.73. The minimum Gasteiger partial charge on any atom is -0.384 e. The molecule has 12 heteroatoms. The SMILES string of the molecule is C[C@@H]1COC[C@H](C)N1c1nc(-c2cnc(N)cc2C(F)(F)F)nc(N2[C@H](C)COC[C@@H]2C)n1. The zero-order valence-corrected chi connectivity index (χ0v) is 19.0. The van der Waals surface area contributed by atoms with E-state index in [-0.39, 0.29) is 41.4 Å². The van der Waals surface area contributed by atoms with Gasteiger partial charge in [0.2, 0.25) is 11.9 Å². The molecule has 0 saturated carbocycles. The van der Waals surface area contributed by atoms with Crippen LogP contribution in [-0.2, 0) is 15.7 Å². The lowest BCUT2D eigenvalue weighted by Gasteiger charge is -2.41. The molecule has 0 spiro atoms. The summed E-state index contributed by atoms with van der Waals surface area (Å²) in [4.78, 5) is 21.5. The molecule has 4 heterocycles. The van der Waals surface area contributed by atoms with Crippen LogP contribution in [0.5, 0.6) is 0 Å². The Morgan fingerprint density at radius 3 is 1.73 bits per heavy atom. The topological polar surface area (TPSA) is 103 Å². The maximum absolute atomic E-state index is 13.9. The van der Waals surface area contributed by atoms with Crippen molar-refractivity contribution in [3.63, 3.8) is 0 Å². The van der Waals surface area contributed by atoms with E-state index in [1.165, 1.54) is 0 Å². The van der Waals surface area contributed by atoms with Crippen LogP contribution in [0.2, 0.25) is 0 Å². The van der Waals surface area contributed by atoms with Crippen molar-refractivity contribution < 1.29 is 22.6 Å². The van der Waals surface area contributed by atoms with Gasteiger partial charge < -0.3 is 25.0 Å². The fraction of sp³-hybridized carbons (Fsp3) is 0.619. The third-order valence-electron chi connectivity index (χ3n) is 5.88. The first-order valence-electron chi connectivity index (χ1n) is 10.9. The van der Waals surface area contributed by atoms with Gasteiger partial charge in [-0.15, -0.1) is 0 Å². The quantitative estimate of drug-likeness (QED) is 0.730. The monoisotopic (exact) mass is 467 g/mol. The van der Waals surface area contributed by atoms with Gasteiger partial charge in [-0.25, -0.2) is 4.98 Å². The molecule has 2 fully saturated rings. The highest BCUT2D eigenvalue weighted by Crippen LogP contribution is 2.37. The van der Waals surface area contributed by atoms with E-state index in [1.54, 1.807) is 0 Å². The third-order valence-corrected chi connectivity index (χ3v) is 5.88. The van der Waals surface area contributed by atoms with Crippen LogP contribution in [0.1, 0.15) is 33.3 Å². The second-order valence-corrected chi connectivity index (χ2v) is 8.70. The fourth-order valence-corrected chi connectivity index (χ4v) is 4.39. The van der Waals surface area contributed by atoms with Gasteiger partial charge in [-0.05, 0) is 33.8 Å². The predicted octanol–water partition coefficient (Wildman–Crippen LogP) is 2.76. The van der Waals surface area contributed by atoms with E-state index < -0.39 is 11.7 Å². The van der Waals surface area contributed by atoms with Gasteiger partial charge >= 0.3 is 6.18 Å². The number of halogens is 3. The molecule has 4 rings (SSSR count). The molecule has 0 unspecified atom stereocenters. The summed E-state index contributed by atoms with van der Waals surface area (Å²) in [6.07, 6.45) is -3.59. The van der Waals surface area contributed by atoms with Gasteiger partial charge in [-0.1, -0.05) is 0 Å². The number of alkyl halides is 3. The predicted molar refractivity (Wildman–Crippen MR) is 117 cm³/mol. The number of morpholine rings is 2. The van der Waals surface area contributed by atoms with Gasteiger partial charge in [-0.2, -0.15) is 28.1 Å². The number of pyridine rings is 1. The lowest BCUT2D eigenvalue weighted by molar-refractivity contribution is -0.137. The Hall–Kier alpha value is -2.73. The average molecular weight is 467 g/mol. The molecule has 2 aliphatic heterocycles. The molecule has 0 bridgehead atoms. The van der Waals surface area contributed by atoms with Gasteiger partial charge in [0, 0.05) is 6.20 Å². The Bertz CT molecular complexity index is 942. The zero-order chi connectivity index (χ0) is 23.9. The summed E-state index contributed by atoms with van der Waals surface area (Å²) in [7, 11) is 0. The van der Waals surface area contributed by atoms with Crippen LogP contribution in [0, 0.1) is 0 Å². The molecule has 0 aromatic carbocycles. The molecule has 0 radical (unpaired) electrons. The van der Waals surface area contributed by atoms with E-state index in [4.69, 9.17) is 20.2 Å². The molecular formula is C21H28F3N7O2. The molecule has 2 saturated heterocycles. The smallest absolute Gasteiger partial charge is 0.384 e. The lowest BCUT2D eigenvalue weighted by Crippen LogP contribution is -2.52. The molecule has 2 N–H and O–H groups in total. The Kier molecular flexibility index (Phi) is 6.32. The van der Waals surface area contributed by atoms with Crippen molar-refractivity contribution in [3.05, 3.63) is 17.8 Å². The molecule has 2 aromatic heterocycles. The zero-order valence-electron chi connectivity index (χ0n) is 19.0. The Morgan fingerprint density at radius 2 is 1.30 bits per heavy atom. The number of ether oxygens (including phenoxy) is 2. The van der Waals surface area contributed by atoms with Gasteiger partial charge in [0.15, 0.2) is 5.82 Å². The van der Waals surface area contributed by atoms with Crippen molar-refractivity contribution >= 4 is 17.7 Å². The summed E-state index contributed by atoms with van der Waals surface area (Å²) in [6, 6.07) is 0.537. The van der Waals surface area contributed by atoms with E-state index in [0.717, 1.165) is 12.3 Å².